The van der Waals surface area contributed by atoms with Gasteiger partial charge in [-0.1, -0.05) is 36.4 Å². The molecule has 0 bridgehead atoms. The average Bonchev–Trinajstić information content (AvgIpc) is 2.49. The fraction of sp³-hybridized carbons (Fsp3) is 0.188. The van der Waals surface area contributed by atoms with E-state index in [1.807, 2.05) is 0 Å². The highest BCUT2D eigenvalue weighted by molar-refractivity contribution is 7.55. The van der Waals surface area contributed by atoms with E-state index in [4.69, 9.17) is 13.8 Å². The number of carbonyl (C=O) groups is 1. The van der Waals surface area contributed by atoms with E-state index in [2.05, 4.69) is 0 Å². The van der Waals surface area contributed by atoms with Crippen molar-refractivity contribution >= 4 is 13.6 Å². The predicted molar refractivity (Wildman–Crippen MR) is 83.2 cm³/mol. The van der Waals surface area contributed by atoms with Gasteiger partial charge in [-0.15, -0.1) is 0 Å². The van der Waals surface area contributed by atoms with Gasteiger partial charge in [0.25, 0.3) is 0 Å². The quantitative estimate of drug-likeness (QED) is 0.572. The van der Waals surface area contributed by atoms with Crippen molar-refractivity contribution in [3.63, 3.8) is 0 Å². The van der Waals surface area contributed by atoms with Gasteiger partial charge in [0.1, 0.15) is 11.5 Å². The molecule has 0 saturated carbocycles. The van der Waals surface area contributed by atoms with E-state index in [0.29, 0.717) is 11.5 Å². The predicted octanol–water partition coefficient (Wildman–Crippen LogP) is 3.90. The zero-order chi connectivity index (χ0) is 15.8. The van der Waals surface area contributed by atoms with Crippen LogP contribution in [0.1, 0.15) is 6.92 Å². The lowest BCUT2D eigenvalue weighted by Gasteiger charge is -2.19. The fourth-order valence-electron chi connectivity index (χ4n) is 1.73. The van der Waals surface area contributed by atoms with Gasteiger partial charge in [0.2, 0.25) is 0 Å². The molecule has 22 heavy (non-hydrogen) atoms. The van der Waals surface area contributed by atoms with Gasteiger partial charge in [0.05, 0.1) is 6.61 Å². The number of hydrogen-bond acceptors (Lipinski definition) is 5. The van der Waals surface area contributed by atoms with Crippen LogP contribution in [0.25, 0.3) is 0 Å². The smallest absolute Gasteiger partial charge is 0.441 e. The van der Waals surface area contributed by atoms with E-state index in [1.165, 1.54) is 0 Å². The molecule has 0 radical (unpaired) electrons. The molecule has 0 N–H and O–H groups in total. The Morgan fingerprint density at radius 1 is 0.909 bits per heavy atom. The number of rotatable bonds is 7. The fourth-order valence-corrected chi connectivity index (χ4v) is 3.19. The summed E-state index contributed by atoms with van der Waals surface area (Å²) in [4.78, 5) is 11.7. The Balaban J connectivity index is 2.19. The van der Waals surface area contributed by atoms with Crippen molar-refractivity contribution in [3.8, 4) is 11.5 Å². The highest BCUT2D eigenvalue weighted by atomic mass is 31.2. The van der Waals surface area contributed by atoms with Gasteiger partial charge in [-0.25, -0.2) is 4.57 Å². The summed E-state index contributed by atoms with van der Waals surface area (Å²) >= 11 is 0. The first-order chi connectivity index (χ1) is 10.6. The molecule has 0 atom stereocenters. The second kappa shape index (κ2) is 7.66. The Morgan fingerprint density at radius 2 is 1.36 bits per heavy atom. The molecule has 0 aromatic heterocycles. The van der Waals surface area contributed by atoms with E-state index in [0.717, 1.165) is 0 Å². The molecule has 2 rings (SSSR count). The molecule has 0 saturated heterocycles. The van der Waals surface area contributed by atoms with Crippen molar-refractivity contribution in [1.29, 1.82) is 0 Å². The van der Waals surface area contributed by atoms with Crippen LogP contribution in [-0.4, -0.2) is 18.7 Å². The Kier molecular flexibility index (Phi) is 5.61. The van der Waals surface area contributed by atoms with Gasteiger partial charge in [-0.3, -0.25) is 4.79 Å². The summed E-state index contributed by atoms with van der Waals surface area (Å²) in [5.41, 5.74) is 0. The zero-order valence-corrected chi connectivity index (χ0v) is 13.1. The normalized spacial score (nSPS) is 10.8. The molecule has 5 nitrogen and oxygen atoms in total. The van der Waals surface area contributed by atoms with Gasteiger partial charge in [-0.2, -0.15) is 0 Å². The first kappa shape index (κ1) is 16.1. The summed E-state index contributed by atoms with van der Waals surface area (Å²) in [5.74, 6) is 0.106. The number of para-hydroxylation sites is 2. The monoisotopic (exact) mass is 320 g/mol. The van der Waals surface area contributed by atoms with Gasteiger partial charge in [0, 0.05) is 0 Å². The number of ether oxygens (including phenoxy) is 1. The number of esters is 1. The molecule has 116 valence electrons. The molecule has 6 heteroatoms. The lowest BCUT2D eigenvalue weighted by atomic mass is 10.3. The first-order valence-electron chi connectivity index (χ1n) is 6.85. The van der Waals surface area contributed by atoms with Crippen LogP contribution in [-0.2, 0) is 14.1 Å². The maximum absolute atomic E-state index is 12.9. The molecule has 2 aromatic rings. The maximum atomic E-state index is 12.9. The summed E-state index contributed by atoms with van der Waals surface area (Å²) in [6, 6.07) is 17.2. The Labute approximate surface area is 129 Å². The third-order valence-electron chi connectivity index (χ3n) is 2.60. The van der Waals surface area contributed by atoms with Crippen LogP contribution in [0.2, 0.25) is 0 Å². The molecule has 0 fully saturated rings. The van der Waals surface area contributed by atoms with Gasteiger partial charge < -0.3 is 13.8 Å². The van der Waals surface area contributed by atoms with Crippen LogP contribution in [0.5, 0.6) is 11.5 Å². The molecule has 2 aromatic carbocycles. The summed E-state index contributed by atoms with van der Waals surface area (Å²) < 4.78 is 28.6. The van der Waals surface area contributed by atoms with Crippen LogP contribution in [0.15, 0.2) is 60.7 Å². The average molecular weight is 320 g/mol. The Hall–Kier alpha value is -2.26. The molecule has 0 spiro atoms. The van der Waals surface area contributed by atoms with E-state index in [-0.39, 0.29) is 6.61 Å². The van der Waals surface area contributed by atoms with E-state index in [1.54, 1.807) is 67.6 Å². The largest absolute Gasteiger partial charge is 0.465 e. The summed E-state index contributed by atoms with van der Waals surface area (Å²) in [7, 11) is -3.72. The van der Waals surface area contributed by atoms with Gasteiger partial charge in [-0.05, 0) is 31.2 Å². The van der Waals surface area contributed by atoms with Crippen LogP contribution in [0, 0.1) is 0 Å². The topological polar surface area (TPSA) is 61.8 Å². The second-order valence-corrected chi connectivity index (χ2v) is 6.29. The molecule has 0 aliphatic heterocycles. The minimum Gasteiger partial charge on any atom is -0.465 e. The molecular formula is C16H17O5P. The lowest BCUT2D eigenvalue weighted by molar-refractivity contribution is -0.140. The highest BCUT2D eigenvalue weighted by Gasteiger charge is 2.32. The Morgan fingerprint density at radius 3 is 1.77 bits per heavy atom. The second-order valence-electron chi connectivity index (χ2n) is 4.38. The van der Waals surface area contributed by atoms with E-state index >= 15 is 0 Å². The minimum atomic E-state index is -3.72. The summed E-state index contributed by atoms with van der Waals surface area (Å²) in [6.45, 7) is 1.88. The van der Waals surface area contributed by atoms with Crippen molar-refractivity contribution < 1.29 is 23.1 Å². The molecule has 0 amide bonds. The zero-order valence-electron chi connectivity index (χ0n) is 12.2. The first-order valence-corrected chi connectivity index (χ1v) is 8.58. The number of carbonyl (C=O) groups excluding carboxylic acids is 1. The van der Waals surface area contributed by atoms with Crippen molar-refractivity contribution in [2.45, 2.75) is 6.92 Å². The van der Waals surface area contributed by atoms with Crippen LogP contribution < -0.4 is 9.05 Å². The Bertz CT molecular complexity index is 597. The van der Waals surface area contributed by atoms with Crippen molar-refractivity contribution in [2.75, 3.05) is 12.8 Å². The standard InChI is InChI=1S/C16H17O5P/c1-2-19-16(17)13-22(18,20-14-9-5-3-6-10-14)21-15-11-7-4-8-12-15/h3-12H,2,13H2,1H3. The summed E-state index contributed by atoms with van der Waals surface area (Å²) in [5, 5.41) is 0. The van der Waals surface area contributed by atoms with Crippen molar-refractivity contribution in [3.05, 3.63) is 60.7 Å². The van der Waals surface area contributed by atoms with E-state index in [9.17, 15) is 9.36 Å². The SMILES string of the molecule is CCOC(=O)CP(=O)(Oc1ccccc1)Oc1ccccc1. The molecule has 0 aliphatic carbocycles. The van der Waals surface area contributed by atoms with Crippen LogP contribution in [0.4, 0.5) is 0 Å². The third-order valence-corrected chi connectivity index (χ3v) is 4.23. The number of benzene rings is 2. The number of hydrogen-bond donors (Lipinski definition) is 0. The van der Waals surface area contributed by atoms with Crippen molar-refractivity contribution in [2.24, 2.45) is 0 Å². The van der Waals surface area contributed by atoms with Gasteiger partial charge >= 0.3 is 13.6 Å². The molecule has 0 aliphatic rings. The highest BCUT2D eigenvalue weighted by Crippen LogP contribution is 2.48. The van der Waals surface area contributed by atoms with E-state index < -0.39 is 19.7 Å². The molecule has 0 heterocycles. The lowest BCUT2D eigenvalue weighted by Crippen LogP contribution is -2.15. The van der Waals surface area contributed by atoms with Gasteiger partial charge in [0.15, 0.2) is 6.16 Å². The minimum absolute atomic E-state index is 0.204. The third kappa shape index (κ3) is 4.93. The maximum Gasteiger partial charge on any atom is 0.441 e. The summed E-state index contributed by atoms with van der Waals surface area (Å²) in [6.07, 6.45) is -0.454. The van der Waals surface area contributed by atoms with Crippen LogP contribution >= 0.6 is 7.60 Å². The van der Waals surface area contributed by atoms with Crippen LogP contribution in [0.3, 0.4) is 0 Å². The molecule has 0 unspecified atom stereocenters. The molecular weight excluding hydrogens is 303 g/mol. The van der Waals surface area contributed by atoms with Crippen molar-refractivity contribution in [1.82, 2.24) is 0 Å².